The van der Waals surface area contributed by atoms with Crippen molar-refractivity contribution < 1.29 is 9.59 Å². The van der Waals surface area contributed by atoms with Gasteiger partial charge in [-0.05, 0) is 68.2 Å². The van der Waals surface area contributed by atoms with E-state index in [1.54, 1.807) is 16.7 Å². The fraction of sp³-hybridized carbons (Fsp3) is 0.481. The molecule has 1 N–H and O–H groups in total. The van der Waals surface area contributed by atoms with Crippen LogP contribution in [0.2, 0.25) is 5.02 Å². The van der Waals surface area contributed by atoms with Crippen molar-refractivity contribution in [1.29, 1.82) is 0 Å². The lowest BCUT2D eigenvalue weighted by molar-refractivity contribution is -0.141. The van der Waals surface area contributed by atoms with Crippen LogP contribution in [0.4, 0.5) is 0 Å². The molecule has 3 rings (SSSR count). The van der Waals surface area contributed by atoms with Crippen molar-refractivity contribution in [2.75, 3.05) is 5.75 Å². The standard InChI is InChI=1S/C27H35ClN2O2S/c1-3-25(27(32)29-23-10-4-5-11-23)30(19-21-9-6-8-20(2)18-21)26(31)12-7-17-33-24-15-13-22(28)14-16-24/h6,8-9,13-16,18,23,25H,3-5,7,10-12,17,19H2,1-2H3,(H,29,32)/t25-/m1/s1. The molecule has 4 nitrogen and oxygen atoms in total. The van der Waals surface area contributed by atoms with Crippen LogP contribution in [0.5, 0.6) is 0 Å². The zero-order valence-corrected chi connectivity index (χ0v) is 21.3. The maximum Gasteiger partial charge on any atom is 0.243 e. The summed E-state index contributed by atoms with van der Waals surface area (Å²) < 4.78 is 0. The van der Waals surface area contributed by atoms with E-state index in [2.05, 4.69) is 11.4 Å². The molecule has 2 aromatic carbocycles. The largest absolute Gasteiger partial charge is 0.352 e. The molecule has 1 saturated carbocycles. The highest BCUT2D eigenvalue weighted by Crippen LogP contribution is 2.23. The van der Waals surface area contributed by atoms with Crippen LogP contribution in [0.25, 0.3) is 0 Å². The van der Waals surface area contributed by atoms with Crippen LogP contribution in [-0.2, 0) is 16.1 Å². The molecule has 1 aliphatic rings. The summed E-state index contributed by atoms with van der Waals surface area (Å²) in [5.41, 5.74) is 2.22. The van der Waals surface area contributed by atoms with Crippen LogP contribution >= 0.6 is 23.4 Å². The van der Waals surface area contributed by atoms with Crippen molar-refractivity contribution in [1.82, 2.24) is 10.2 Å². The van der Waals surface area contributed by atoms with Gasteiger partial charge in [0.15, 0.2) is 0 Å². The van der Waals surface area contributed by atoms with Gasteiger partial charge in [-0.15, -0.1) is 11.8 Å². The zero-order chi connectivity index (χ0) is 23.6. The third-order valence-corrected chi connectivity index (χ3v) is 7.49. The Balaban J connectivity index is 1.64. The summed E-state index contributed by atoms with van der Waals surface area (Å²) in [5.74, 6) is 0.874. The molecule has 0 aliphatic heterocycles. The number of rotatable bonds is 11. The maximum atomic E-state index is 13.3. The molecule has 33 heavy (non-hydrogen) atoms. The summed E-state index contributed by atoms with van der Waals surface area (Å²) in [5, 5.41) is 3.93. The van der Waals surface area contributed by atoms with E-state index < -0.39 is 6.04 Å². The first kappa shape index (κ1) is 25.6. The monoisotopic (exact) mass is 486 g/mol. The van der Waals surface area contributed by atoms with Gasteiger partial charge >= 0.3 is 0 Å². The quantitative estimate of drug-likeness (QED) is 0.296. The minimum atomic E-state index is -0.442. The van der Waals surface area contributed by atoms with E-state index in [4.69, 9.17) is 11.6 Å². The Labute approximate surface area is 207 Å². The molecule has 0 heterocycles. The Bertz CT molecular complexity index is 913. The van der Waals surface area contributed by atoms with Gasteiger partial charge in [-0.2, -0.15) is 0 Å². The number of halogens is 1. The first-order valence-corrected chi connectivity index (χ1v) is 13.4. The number of nitrogens with zero attached hydrogens (tertiary/aromatic N) is 1. The van der Waals surface area contributed by atoms with Crippen LogP contribution in [-0.4, -0.2) is 34.6 Å². The molecule has 0 aromatic heterocycles. The molecule has 0 spiro atoms. The van der Waals surface area contributed by atoms with Gasteiger partial charge in [0.2, 0.25) is 11.8 Å². The number of aryl methyl sites for hydroxylation is 1. The van der Waals surface area contributed by atoms with E-state index in [0.717, 1.165) is 46.1 Å². The first-order chi connectivity index (χ1) is 16.0. The lowest BCUT2D eigenvalue weighted by Gasteiger charge is -2.31. The Kier molecular flexibility index (Phi) is 10.1. The fourth-order valence-electron chi connectivity index (χ4n) is 4.38. The number of nitrogens with one attached hydrogen (secondary N) is 1. The van der Waals surface area contributed by atoms with Crippen molar-refractivity contribution in [3.63, 3.8) is 0 Å². The molecule has 0 bridgehead atoms. The average Bonchev–Trinajstić information content (AvgIpc) is 3.30. The van der Waals surface area contributed by atoms with Gasteiger partial charge in [-0.25, -0.2) is 0 Å². The SMILES string of the molecule is CC[C@H](C(=O)NC1CCCC1)N(Cc1cccc(C)c1)C(=O)CCCSc1ccc(Cl)cc1. The summed E-state index contributed by atoms with van der Waals surface area (Å²) in [7, 11) is 0. The number of hydrogen-bond donors (Lipinski definition) is 1. The van der Waals surface area contributed by atoms with Crippen LogP contribution in [0, 0.1) is 6.92 Å². The number of carbonyl (C=O) groups excluding carboxylic acids is 2. The van der Waals surface area contributed by atoms with Crippen molar-refractivity contribution in [3.8, 4) is 0 Å². The molecule has 1 fully saturated rings. The van der Waals surface area contributed by atoms with Gasteiger partial charge in [0, 0.05) is 28.9 Å². The van der Waals surface area contributed by atoms with Gasteiger partial charge in [0.1, 0.15) is 6.04 Å². The molecule has 0 saturated heterocycles. The van der Waals surface area contributed by atoms with Gasteiger partial charge in [-0.1, -0.05) is 61.2 Å². The van der Waals surface area contributed by atoms with Crippen LogP contribution in [0.3, 0.4) is 0 Å². The van der Waals surface area contributed by atoms with Crippen LogP contribution in [0.1, 0.15) is 63.0 Å². The highest BCUT2D eigenvalue weighted by Gasteiger charge is 2.30. The van der Waals surface area contributed by atoms with Crippen molar-refractivity contribution in [2.45, 2.75) is 82.3 Å². The molecule has 6 heteroatoms. The average molecular weight is 487 g/mol. The molecule has 1 aliphatic carbocycles. The Morgan fingerprint density at radius 3 is 2.55 bits per heavy atom. The summed E-state index contributed by atoms with van der Waals surface area (Å²) in [6, 6.07) is 15.8. The summed E-state index contributed by atoms with van der Waals surface area (Å²) >= 11 is 7.68. The predicted octanol–water partition coefficient (Wildman–Crippen LogP) is 6.39. The number of benzene rings is 2. The third-order valence-electron chi connectivity index (χ3n) is 6.14. The summed E-state index contributed by atoms with van der Waals surface area (Å²) in [4.78, 5) is 29.4. The van der Waals surface area contributed by atoms with Crippen LogP contribution < -0.4 is 5.32 Å². The molecular weight excluding hydrogens is 452 g/mol. The molecule has 2 aromatic rings. The van der Waals surface area contributed by atoms with Gasteiger partial charge in [-0.3, -0.25) is 9.59 Å². The number of amides is 2. The van der Waals surface area contributed by atoms with Gasteiger partial charge < -0.3 is 10.2 Å². The van der Waals surface area contributed by atoms with Gasteiger partial charge in [0.25, 0.3) is 0 Å². The molecule has 2 amide bonds. The van der Waals surface area contributed by atoms with Gasteiger partial charge in [0.05, 0.1) is 0 Å². The number of thioether (sulfide) groups is 1. The molecule has 0 radical (unpaired) electrons. The topological polar surface area (TPSA) is 49.4 Å². The Hall–Kier alpha value is -1.98. The minimum Gasteiger partial charge on any atom is -0.352 e. The lowest BCUT2D eigenvalue weighted by atomic mass is 10.1. The van der Waals surface area contributed by atoms with Crippen molar-refractivity contribution in [2.24, 2.45) is 0 Å². The van der Waals surface area contributed by atoms with Crippen molar-refractivity contribution in [3.05, 3.63) is 64.7 Å². The summed E-state index contributed by atoms with van der Waals surface area (Å²) in [6.45, 7) is 4.50. The third kappa shape index (κ3) is 8.08. The summed E-state index contributed by atoms with van der Waals surface area (Å²) in [6.07, 6.45) is 6.20. The van der Waals surface area contributed by atoms with E-state index >= 15 is 0 Å². The van der Waals surface area contributed by atoms with Crippen LogP contribution in [0.15, 0.2) is 53.4 Å². The number of carbonyl (C=O) groups is 2. The molecule has 0 unspecified atom stereocenters. The van der Waals surface area contributed by atoms with E-state index in [9.17, 15) is 9.59 Å². The Morgan fingerprint density at radius 1 is 1.15 bits per heavy atom. The highest BCUT2D eigenvalue weighted by molar-refractivity contribution is 7.99. The smallest absolute Gasteiger partial charge is 0.243 e. The Morgan fingerprint density at radius 2 is 1.88 bits per heavy atom. The number of hydrogen-bond acceptors (Lipinski definition) is 3. The first-order valence-electron chi connectivity index (χ1n) is 12.0. The molecular formula is C27H35ClN2O2S. The highest BCUT2D eigenvalue weighted by atomic mass is 35.5. The second-order valence-corrected chi connectivity index (χ2v) is 10.4. The van der Waals surface area contributed by atoms with E-state index in [1.807, 2.05) is 56.3 Å². The normalized spacial score (nSPS) is 14.8. The fourth-order valence-corrected chi connectivity index (χ4v) is 5.36. The predicted molar refractivity (Wildman–Crippen MR) is 138 cm³/mol. The van der Waals surface area contributed by atoms with Crippen molar-refractivity contribution >= 4 is 35.2 Å². The molecule has 178 valence electrons. The zero-order valence-electron chi connectivity index (χ0n) is 19.7. The van der Waals surface area contributed by atoms with E-state index in [1.165, 1.54) is 12.8 Å². The maximum absolute atomic E-state index is 13.3. The lowest BCUT2D eigenvalue weighted by Crippen LogP contribution is -2.50. The van der Waals surface area contributed by atoms with E-state index in [0.29, 0.717) is 19.4 Å². The second kappa shape index (κ2) is 13.0. The second-order valence-electron chi connectivity index (χ2n) is 8.83. The minimum absolute atomic E-state index is 0.0130. The molecule has 1 atom stereocenters. The van der Waals surface area contributed by atoms with E-state index in [-0.39, 0.29) is 17.9 Å².